The van der Waals surface area contributed by atoms with Crippen LogP contribution in [0.1, 0.15) is 12.5 Å². The largest absolute Gasteiger partial charge is 0.466 e. The van der Waals surface area contributed by atoms with Crippen LogP contribution in [0, 0.1) is 12.8 Å². The maximum Gasteiger partial charge on any atom is 0.313 e. The molecule has 1 aromatic rings. The third-order valence-electron chi connectivity index (χ3n) is 5.10. The first-order valence-electron chi connectivity index (χ1n) is 9.19. The minimum atomic E-state index is -3.87. The van der Waals surface area contributed by atoms with Crippen LogP contribution in [0.15, 0.2) is 66.1 Å². The highest BCUT2D eigenvalue weighted by atomic mass is 32.2. The van der Waals surface area contributed by atoms with Gasteiger partial charge in [-0.2, -0.15) is 4.31 Å². The molecule has 2 aliphatic heterocycles. The average Bonchev–Trinajstić information content (AvgIpc) is 3.06. The van der Waals surface area contributed by atoms with Crippen LogP contribution in [0.2, 0.25) is 0 Å². The number of benzene rings is 1. The van der Waals surface area contributed by atoms with E-state index < -0.39 is 40.2 Å². The van der Waals surface area contributed by atoms with E-state index in [4.69, 9.17) is 9.47 Å². The van der Waals surface area contributed by atoms with Crippen molar-refractivity contribution < 1.29 is 22.7 Å². The molecule has 1 fully saturated rings. The van der Waals surface area contributed by atoms with Gasteiger partial charge in [0.1, 0.15) is 5.92 Å². The van der Waals surface area contributed by atoms with Crippen molar-refractivity contribution in [2.75, 3.05) is 13.2 Å². The number of nitrogens with zero attached hydrogens (tertiary/aromatic N) is 1. The van der Waals surface area contributed by atoms with Crippen LogP contribution in [0.25, 0.3) is 0 Å². The number of sulfonamides is 1. The molecule has 0 saturated carbocycles. The Labute approximate surface area is 166 Å². The molecular weight excluding hydrogens is 378 g/mol. The lowest BCUT2D eigenvalue weighted by molar-refractivity contribution is -0.150. The summed E-state index contributed by atoms with van der Waals surface area (Å²) in [6.45, 7) is 11.4. The molecule has 0 unspecified atom stereocenters. The van der Waals surface area contributed by atoms with Crippen molar-refractivity contribution in [2.45, 2.75) is 37.0 Å². The Morgan fingerprint density at radius 3 is 2.57 bits per heavy atom. The summed E-state index contributed by atoms with van der Waals surface area (Å²) in [5.74, 6) is -1.27. The summed E-state index contributed by atoms with van der Waals surface area (Å²) in [4.78, 5) is 12.8. The van der Waals surface area contributed by atoms with E-state index in [0.717, 1.165) is 11.1 Å². The number of rotatable bonds is 6. The standard InChI is InChI=1S/C21H25NO5S/c1-5-15-12-18-20(19(17(6-2)27-18)21(23)26-7-3)22(13-15)28(24,25)16-10-8-14(4)9-11-16/h5-6,8-12,17-20H,1-2,7,13H2,3-4H3/t17-,18+,19+,20+/m1/s1. The smallest absolute Gasteiger partial charge is 0.313 e. The summed E-state index contributed by atoms with van der Waals surface area (Å²) in [6, 6.07) is 5.94. The molecule has 0 amide bonds. The number of aryl methyl sites for hydroxylation is 1. The number of carbonyl (C=O) groups is 1. The number of carbonyl (C=O) groups excluding carboxylic acids is 1. The number of hydrogen-bond donors (Lipinski definition) is 0. The first-order valence-corrected chi connectivity index (χ1v) is 10.6. The van der Waals surface area contributed by atoms with E-state index in [0.29, 0.717) is 0 Å². The van der Waals surface area contributed by atoms with Gasteiger partial charge in [0, 0.05) is 6.54 Å². The van der Waals surface area contributed by atoms with Gasteiger partial charge in [-0.3, -0.25) is 4.79 Å². The Morgan fingerprint density at radius 2 is 2.00 bits per heavy atom. The maximum absolute atomic E-state index is 13.5. The van der Waals surface area contributed by atoms with E-state index in [1.54, 1.807) is 37.3 Å². The molecule has 3 rings (SSSR count). The fourth-order valence-corrected chi connectivity index (χ4v) is 5.35. The predicted molar refractivity (Wildman–Crippen MR) is 106 cm³/mol. The van der Waals surface area contributed by atoms with Crippen LogP contribution in [-0.4, -0.2) is 50.1 Å². The molecule has 150 valence electrons. The van der Waals surface area contributed by atoms with E-state index >= 15 is 0 Å². The van der Waals surface area contributed by atoms with Crippen LogP contribution in [-0.2, 0) is 24.3 Å². The molecule has 28 heavy (non-hydrogen) atoms. The van der Waals surface area contributed by atoms with Crippen LogP contribution < -0.4 is 0 Å². The van der Waals surface area contributed by atoms with Crippen molar-refractivity contribution in [1.29, 1.82) is 0 Å². The summed E-state index contributed by atoms with van der Waals surface area (Å²) in [7, 11) is -3.87. The fraction of sp³-hybridized carbons (Fsp3) is 0.381. The van der Waals surface area contributed by atoms with Crippen molar-refractivity contribution in [3.05, 3.63) is 66.8 Å². The lowest BCUT2D eigenvalue weighted by Crippen LogP contribution is -2.53. The van der Waals surface area contributed by atoms with Gasteiger partial charge in [0.2, 0.25) is 10.0 Å². The van der Waals surface area contributed by atoms with E-state index in [1.807, 2.05) is 13.0 Å². The fourth-order valence-electron chi connectivity index (χ4n) is 3.71. The van der Waals surface area contributed by atoms with Gasteiger partial charge in [-0.05, 0) is 37.6 Å². The molecule has 6 nitrogen and oxygen atoms in total. The van der Waals surface area contributed by atoms with Crippen molar-refractivity contribution in [3.63, 3.8) is 0 Å². The normalized spacial score (nSPS) is 27.6. The van der Waals surface area contributed by atoms with E-state index in [9.17, 15) is 13.2 Å². The number of ether oxygens (including phenoxy) is 2. The van der Waals surface area contributed by atoms with Crippen LogP contribution in [0.3, 0.4) is 0 Å². The minimum Gasteiger partial charge on any atom is -0.466 e. The molecular formula is C21H25NO5S. The van der Waals surface area contributed by atoms with Crippen LogP contribution in [0.5, 0.6) is 0 Å². The van der Waals surface area contributed by atoms with Gasteiger partial charge in [0.05, 0.1) is 29.8 Å². The minimum absolute atomic E-state index is 0.115. The first kappa shape index (κ1) is 20.5. The molecule has 0 aromatic heterocycles. The Bertz CT molecular complexity index is 903. The van der Waals surface area contributed by atoms with Gasteiger partial charge in [-0.15, -0.1) is 6.58 Å². The molecule has 0 aliphatic carbocycles. The zero-order valence-electron chi connectivity index (χ0n) is 16.1. The van der Waals surface area contributed by atoms with Gasteiger partial charge in [0.25, 0.3) is 0 Å². The molecule has 7 heteroatoms. The molecule has 2 aliphatic rings. The Hall–Kier alpha value is -2.22. The van der Waals surface area contributed by atoms with Crippen molar-refractivity contribution in [2.24, 2.45) is 5.92 Å². The second-order valence-electron chi connectivity index (χ2n) is 6.88. The molecule has 1 aromatic carbocycles. The zero-order chi connectivity index (χ0) is 20.5. The number of esters is 1. The highest BCUT2D eigenvalue weighted by Gasteiger charge is 2.54. The lowest BCUT2D eigenvalue weighted by atomic mass is 9.90. The maximum atomic E-state index is 13.5. The van der Waals surface area contributed by atoms with Gasteiger partial charge >= 0.3 is 5.97 Å². The van der Waals surface area contributed by atoms with Crippen molar-refractivity contribution >= 4 is 16.0 Å². The van der Waals surface area contributed by atoms with Gasteiger partial charge in [-0.1, -0.05) is 36.4 Å². The summed E-state index contributed by atoms with van der Waals surface area (Å²) >= 11 is 0. The van der Waals surface area contributed by atoms with Gasteiger partial charge in [0.15, 0.2) is 0 Å². The number of fused-ring (bicyclic) bond motifs is 1. The Morgan fingerprint density at radius 1 is 1.32 bits per heavy atom. The summed E-state index contributed by atoms with van der Waals surface area (Å²) in [5.41, 5.74) is 1.69. The summed E-state index contributed by atoms with van der Waals surface area (Å²) < 4.78 is 39.4. The van der Waals surface area contributed by atoms with Crippen LogP contribution in [0.4, 0.5) is 0 Å². The van der Waals surface area contributed by atoms with E-state index in [2.05, 4.69) is 13.2 Å². The average molecular weight is 404 g/mol. The topological polar surface area (TPSA) is 72.9 Å². The quantitative estimate of drug-likeness (QED) is 0.539. The molecule has 0 N–H and O–H groups in total. The van der Waals surface area contributed by atoms with E-state index in [-0.39, 0.29) is 18.0 Å². The molecule has 4 atom stereocenters. The Kier molecular flexibility index (Phi) is 5.88. The third kappa shape index (κ3) is 3.57. The van der Waals surface area contributed by atoms with Crippen LogP contribution >= 0.6 is 0 Å². The number of hydrogen-bond acceptors (Lipinski definition) is 5. The monoisotopic (exact) mass is 403 g/mol. The molecule has 0 bridgehead atoms. The second-order valence-corrected chi connectivity index (χ2v) is 8.77. The summed E-state index contributed by atoms with van der Waals surface area (Å²) in [5, 5.41) is 0. The molecule has 2 heterocycles. The molecule has 0 radical (unpaired) electrons. The van der Waals surface area contributed by atoms with Gasteiger partial charge < -0.3 is 9.47 Å². The first-order chi connectivity index (χ1) is 13.3. The Balaban J connectivity index is 2.09. The third-order valence-corrected chi connectivity index (χ3v) is 6.96. The molecule has 0 spiro atoms. The molecule has 1 saturated heterocycles. The summed E-state index contributed by atoms with van der Waals surface area (Å²) in [6.07, 6.45) is 3.74. The highest BCUT2D eigenvalue weighted by molar-refractivity contribution is 7.89. The highest BCUT2D eigenvalue weighted by Crippen LogP contribution is 2.39. The SMILES string of the molecule is C=CC1=C[C@@H]2O[C@H](C=C)[C@H](C(=O)OCC)[C@H]2N(S(=O)(=O)c2ccc(C)cc2)C1. The lowest BCUT2D eigenvalue weighted by Gasteiger charge is -2.36. The zero-order valence-corrected chi connectivity index (χ0v) is 16.9. The van der Waals surface area contributed by atoms with Gasteiger partial charge in [-0.25, -0.2) is 8.42 Å². The second kappa shape index (κ2) is 8.03. The van der Waals surface area contributed by atoms with Crippen molar-refractivity contribution in [3.8, 4) is 0 Å². The van der Waals surface area contributed by atoms with E-state index in [1.165, 1.54) is 10.4 Å². The van der Waals surface area contributed by atoms with Crippen molar-refractivity contribution in [1.82, 2.24) is 4.31 Å². The predicted octanol–water partition coefficient (Wildman–Crippen LogP) is 2.61.